The molecule has 138 valence electrons. The maximum absolute atomic E-state index is 12.6. The van der Waals surface area contributed by atoms with Crippen molar-refractivity contribution in [1.82, 2.24) is 4.47 Å². The first-order valence-corrected chi connectivity index (χ1v) is 10.1. The van der Waals surface area contributed by atoms with Crippen LogP contribution in [-0.2, 0) is 14.9 Å². The van der Waals surface area contributed by atoms with Gasteiger partial charge < -0.3 is 5.32 Å². The van der Waals surface area contributed by atoms with Crippen LogP contribution in [0.25, 0.3) is 0 Å². The van der Waals surface area contributed by atoms with Crippen molar-refractivity contribution in [2.75, 3.05) is 25.2 Å². The minimum atomic E-state index is -3.82. The Morgan fingerprint density at radius 1 is 1.27 bits per heavy atom. The number of hydroxylamine groups is 1. The smallest absolute Gasteiger partial charge is 0.264 e. The highest BCUT2D eigenvalue weighted by Gasteiger charge is 2.22. The predicted molar refractivity (Wildman–Crippen MR) is 104 cm³/mol. The van der Waals surface area contributed by atoms with Crippen LogP contribution in [0.3, 0.4) is 0 Å². The number of carbonyl (C=O) groups excluding carboxylic acids is 1. The quantitative estimate of drug-likeness (QED) is 0.423. The highest BCUT2D eigenvalue weighted by molar-refractivity contribution is 7.99. The largest absolute Gasteiger partial charge is 0.321 e. The average molecular weight is 393 g/mol. The van der Waals surface area contributed by atoms with Crippen molar-refractivity contribution in [2.45, 2.75) is 9.79 Å². The van der Waals surface area contributed by atoms with Crippen LogP contribution in [0.4, 0.5) is 5.69 Å². The number of carbonyl (C=O) groups is 1. The van der Waals surface area contributed by atoms with E-state index in [1.807, 2.05) is 18.2 Å². The van der Waals surface area contributed by atoms with E-state index in [-0.39, 0.29) is 10.5 Å². The van der Waals surface area contributed by atoms with E-state index < -0.39 is 15.9 Å². The summed E-state index contributed by atoms with van der Waals surface area (Å²) in [5.74, 6) is 0.318. The van der Waals surface area contributed by atoms with Crippen LogP contribution in [0.15, 0.2) is 71.0 Å². The number of nitrogens with zero attached hydrogens (tertiary/aromatic N) is 1. The molecule has 0 saturated carbocycles. The van der Waals surface area contributed by atoms with E-state index in [9.17, 15) is 13.2 Å². The zero-order chi connectivity index (χ0) is 19.2. The van der Waals surface area contributed by atoms with Gasteiger partial charge in [-0.05, 0) is 30.3 Å². The summed E-state index contributed by atoms with van der Waals surface area (Å²) in [6, 6.07) is 13.2. The fraction of sp³-hybridized carbons (Fsp3) is 0.167. The fourth-order valence-corrected chi connectivity index (χ4v) is 3.85. The van der Waals surface area contributed by atoms with E-state index in [0.717, 1.165) is 9.36 Å². The molecule has 0 aromatic heterocycles. The van der Waals surface area contributed by atoms with Gasteiger partial charge in [0.1, 0.15) is 0 Å². The predicted octanol–water partition coefficient (Wildman–Crippen LogP) is 3.40. The summed E-state index contributed by atoms with van der Waals surface area (Å²) in [5, 5.41) is 2.82. The molecular formula is C18H20N2O4S2. The van der Waals surface area contributed by atoms with Gasteiger partial charge in [-0.3, -0.25) is 9.63 Å². The molecule has 1 N–H and O–H groups in total. The molecule has 0 radical (unpaired) electrons. The molecule has 0 aliphatic rings. The van der Waals surface area contributed by atoms with Crippen LogP contribution in [-0.4, -0.2) is 38.7 Å². The van der Waals surface area contributed by atoms with Gasteiger partial charge in [0, 0.05) is 23.3 Å². The number of nitrogens with one attached hydrogen (secondary N) is 1. The first kappa shape index (κ1) is 20.2. The van der Waals surface area contributed by atoms with Gasteiger partial charge in [0.05, 0.1) is 17.7 Å². The second-order valence-corrected chi connectivity index (χ2v) is 8.17. The van der Waals surface area contributed by atoms with E-state index in [0.29, 0.717) is 11.4 Å². The number of anilines is 1. The van der Waals surface area contributed by atoms with Crippen molar-refractivity contribution in [3.8, 4) is 0 Å². The lowest BCUT2D eigenvalue weighted by Crippen LogP contribution is -2.26. The topological polar surface area (TPSA) is 75.7 Å². The number of para-hydroxylation sites is 1. The standard InChI is InChI=1S/C18H20N2O4S2/c1-4-12-25-17-11-6-5-10-16(17)19-18(21)14-8-7-9-15(13-14)26(22,23)20(2)24-3/h4-11,13H,1,12H2,2-3H3,(H,19,21). The van der Waals surface area contributed by atoms with Crippen LogP contribution < -0.4 is 5.32 Å². The third-order valence-electron chi connectivity index (χ3n) is 3.48. The molecule has 0 aliphatic heterocycles. The van der Waals surface area contributed by atoms with Gasteiger partial charge in [0.2, 0.25) is 0 Å². The zero-order valence-corrected chi connectivity index (χ0v) is 16.1. The number of thioether (sulfide) groups is 1. The second kappa shape index (κ2) is 9.00. The van der Waals surface area contributed by atoms with Crippen molar-refractivity contribution < 1.29 is 18.0 Å². The molecule has 0 saturated heterocycles. The van der Waals surface area contributed by atoms with Gasteiger partial charge in [0.25, 0.3) is 15.9 Å². The van der Waals surface area contributed by atoms with E-state index in [2.05, 4.69) is 11.9 Å². The number of hydrogen-bond acceptors (Lipinski definition) is 5. The average Bonchev–Trinajstić information content (AvgIpc) is 2.66. The Balaban J connectivity index is 2.27. The Labute approximate surface area is 157 Å². The van der Waals surface area contributed by atoms with Crippen molar-refractivity contribution in [2.24, 2.45) is 0 Å². The molecule has 2 rings (SSSR count). The number of rotatable bonds is 8. The number of amides is 1. The molecule has 1 amide bonds. The fourth-order valence-electron chi connectivity index (χ4n) is 2.08. The molecule has 2 aromatic rings. The Morgan fingerprint density at radius 2 is 2.00 bits per heavy atom. The SMILES string of the molecule is C=CCSc1ccccc1NC(=O)c1cccc(S(=O)(=O)N(C)OC)c1. The van der Waals surface area contributed by atoms with Gasteiger partial charge in [-0.15, -0.1) is 18.3 Å². The zero-order valence-electron chi connectivity index (χ0n) is 14.5. The molecule has 0 unspecified atom stereocenters. The van der Waals surface area contributed by atoms with Gasteiger partial charge in [-0.25, -0.2) is 8.42 Å². The molecule has 0 aliphatic carbocycles. The molecular weight excluding hydrogens is 372 g/mol. The van der Waals surface area contributed by atoms with Crippen LogP contribution >= 0.6 is 11.8 Å². The maximum Gasteiger partial charge on any atom is 0.264 e. The minimum absolute atomic E-state index is 0.0242. The van der Waals surface area contributed by atoms with Gasteiger partial charge in [0.15, 0.2) is 0 Å². The van der Waals surface area contributed by atoms with Crippen LogP contribution in [0.2, 0.25) is 0 Å². The summed E-state index contributed by atoms with van der Waals surface area (Å²) >= 11 is 1.55. The molecule has 0 heterocycles. The highest BCUT2D eigenvalue weighted by Crippen LogP contribution is 2.27. The third kappa shape index (κ3) is 4.73. The summed E-state index contributed by atoms with van der Waals surface area (Å²) in [5.41, 5.74) is 0.894. The lowest BCUT2D eigenvalue weighted by atomic mass is 10.2. The number of hydrogen-bond donors (Lipinski definition) is 1. The summed E-state index contributed by atoms with van der Waals surface area (Å²) in [6.45, 7) is 3.69. The van der Waals surface area contributed by atoms with E-state index in [1.54, 1.807) is 30.0 Å². The molecule has 0 fully saturated rings. The Hall–Kier alpha value is -2.13. The van der Waals surface area contributed by atoms with Gasteiger partial charge in [-0.2, -0.15) is 0 Å². The number of benzene rings is 2. The summed E-state index contributed by atoms with van der Waals surface area (Å²) in [4.78, 5) is 18.2. The third-order valence-corrected chi connectivity index (χ3v) is 6.23. The molecule has 2 aromatic carbocycles. The van der Waals surface area contributed by atoms with Crippen molar-refractivity contribution >= 4 is 33.4 Å². The Bertz CT molecular complexity index is 898. The number of sulfonamides is 1. The Kier molecular flexibility index (Phi) is 6.98. The lowest BCUT2D eigenvalue weighted by molar-refractivity contribution is -0.0258. The summed E-state index contributed by atoms with van der Waals surface area (Å²) in [7, 11) is -1.28. The van der Waals surface area contributed by atoms with Crippen molar-refractivity contribution in [3.05, 3.63) is 66.7 Å². The van der Waals surface area contributed by atoms with Crippen molar-refractivity contribution in [3.63, 3.8) is 0 Å². The van der Waals surface area contributed by atoms with E-state index >= 15 is 0 Å². The molecule has 26 heavy (non-hydrogen) atoms. The van der Waals surface area contributed by atoms with Gasteiger partial charge >= 0.3 is 0 Å². The first-order chi connectivity index (χ1) is 12.4. The molecule has 0 bridgehead atoms. The minimum Gasteiger partial charge on any atom is -0.321 e. The molecule has 6 nitrogen and oxygen atoms in total. The normalized spacial score (nSPS) is 11.3. The first-order valence-electron chi connectivity index (χ1n) is 7.67. The lowest BCUT2D eigenvalue weighted by Gasteiger charge is -2.15. The van der Waals surface area contributed by atoms with E-state index in [4.69, 9.17) is 4.84 Å². The second-order valence-electron chi connectivity index (χ2n) is 5.18. The molecule has 0 atom stereocenters. The van der Waals surface area contributed by atoms with Crippen LogP contribution in [0.1, 0.15) is 10.4 Å². The summed E-state index contributed by atoms with van der Waals surface area (Å²) in [6.07, 6.45) is 1.78. The molecule has 8 heteroatoms. The highest BCUT2D eigenvalue weighted by atomic mass is 32.2. The van der Waals surface area contributed by atoms with Crippen LogP contribution in [0.5, 0.6) is 0 Å². The monoisotopic (exact) mass is 392 g/mol. The maximum atomic E-state index is 12.6. The summed E-state index contributed by atoms with van der Waals surface area (Å²) < 4.78 is 25.4. The van der Waals surface area contributed by atoms with Crippen LogP contribution in [0, 0.1) is 0 Å². The van der Waals surface area contributed by atoms with E-state index in [1.165, 1.54) is 32.4 Å². The molecule has 0 spiro atoms. The Morgan fingerprint density at radius 3 is 2.69 bits per heavy atom. The van der Waals surface area contributed by atoms with Gasteiger partial charge in [-0.1, -0.05) is 28.7 Å². The van der Waals surface area contributed by atoms with Crippen molar-refractivity contribution in [1.29, 1.82) is 0 Å².